The van der Waals surface area contributed by atoms with Crippen LogP contribution in [0.3, 0.4) is 0 Å². The van der Waals surface area contributed by atoms with Crippen molar-refractivity contribution in [2.75, 3.05) is 64.2 Å². The Labute approximate surface area is 340 Å². The molecule has 0 unspecified atom stereocenters. The van der Waals surface area contributed by atoms with E-state index < -0.39 is 5.97 Å². The van der Waals surface area contributed by atoms with Crippen LogP contribution in [0.25, 0.3) is 10.2 Å². The monoisotopic (exact) mass is 811 g/mol. The van der Waals surface area contributed by atoms with Crippen molar-refractivity contribution in [1.82, 2.24) is 20.5 Å². The van der Waals surface area contributed by atoms with E-state index in [-0.39, 0.29) is 55.2 Å². The van der Waals surface area contributed by atoms with Gasteiger partial charge in [-0.15, -0.1) is 11.3 Å². The van der Waals surface area contributed by atoms with Crippen LogP contribution in [0.4, 0.5) is 5.69 Å². The molecule has 1 fully saturated rings. The van der Waals surface area contributed by atoms with E-state index in [0.29, 0.717) is 77.6 Å². The summed E-state index contributed by atoms with van der Waals surface area (Å²) < 4.78 is 18.7. The molecular weight excluding hydrogens is 751 g/mol. The SMILES string of the molecule is CCN(C(=O)Cn1c(C(=O)N[C@H]2CC[C@H](C(=O)NCCCCCCCC(=O)NCCOCCOCCOCCC(=O)O)CC2)cc2sccc21)c1cccc(C)c1. The Morgan fingerprint density at radius 2 is 1.53 bits per heavy atom. The largest absolute Gasteiger partial charge is 0.481 e. The van der Waals surface area contributed by atoms with Gasteiger partial charge in [-0.2, -0.15) is 0 Å². The van der Waals surface area contributed by atoms with Crippen molar-refractivity contribution in [3.05, 3.63) is 53.0 Å². The van der Waals surface area contributed by atoms with Crippen molar-refractivity contribution in [3.8, 4) is 0 Å². The number of hydrogen-bond donors (Lipinski definition) is 4. The lowest BCUT2D eigenvalue weighted by atomic mass is 9.85. The highest BCUT2D eigenvalue weighted by atomic mass is 32.1. The van der Waals surface area contributed by atoms with E-state index in [1.165, 1.54) is 0 Å². The Bertz CT molecular complexity index is 1720. The summed E-state index contributed by atoms with van der Waals surface area (Å²) in [5, 5.41) is 19.7. The lowest BCUT2D eigenvalue weighted by molar-refractivity contribution is -0.138. The lowest BCUT2D eigenvalue weighted by Crippen LogP contribution is -2.42. The summed E-state index contributed by atoms with van der Waals surface area (Å²) in [4.78, 5) is 64.3. The van der Waals surface area contributed by atoms with Gasteiger partial charge in [-0.25, -0.2) is 0 Å². The molecule has 3 aromatic rings. The van der Waals surface area contributed by atoms with Crippen molar-refractivity contribution >= 4 is 56.8 Å². The minimum absolute atomic E-state index is 0.00822. The van der Waals surface area contributed by atoms with E-state index in [4.69, 9.17) is 19.3 Å². The molecule has 4 N–H and O–H groups in total. The van der Waals surface area contributed by atoms with E-state index in [9.17, 15) is 24.0 Å². The normalized spacial score (nSPS) is 15.3. The number of amides is 4. The number of benzene rings is 1. The number of ether oxygens (including phenoxy) is 3. The van der Waals surface area contributed by atoms with Crippen LogP contribution in [0.5, 0.6) is 0 Å². The molecule has 1 aliphatic rings. The number of aliphatic carboxylic acids is 1. The number of anilines is 1. The molecule has 4 amide bonds. The quantitative estimate of drug-likeness (QED) is 0.0730. The van der Waals surface area contributed by atoms with Crippen LogP contribution in [-0.2, 0) is 39.9 Å². The Hall–Kier alpha value is -4.31. The van der Waals surface area contributed by atoms with Gasteiger partial charge in [0.1, 0.15) is 12.2 Å². The van der Waals surface area contributed by atoms with Crippen molar-refractivity contribution in [3.63, 3.8) is 0 Å². The van der Waals surface area contributed by atoms with Gasteiger partial charge in [-0.05, 0) is 87.6 Å². The van der Waals surface area contributed by atoms with Gasteiger partial charge in [0.05, 0.1) is 56.3 Å². The van der Waals surface area contributed by atoms with Crippen molar-refractivity contribution < 1.29 is 43.3 Å². The highest BCUT2D eigenvalue weighted by molar-refractivity contribution is 7.17. The first kappa shape index (κ1) is 45.4. The third kappa shape index (κ3) is 15.9. The third-order valence-corrected chi connectivity index (χ3v) is 10.9. The second-order valence-electron chi connectivity index (χ2n) is 14.4. The fraction of sp³-hybridized carbons (Fsp3) is 0.595. The van der Waals surface area contributed by atoms with E-state index in [0.717, 1.165) is 66.4 Å². The van der Waals surface area contributed by atoms with Gasteiger partial charge >= 0.3 is 5.97 Å². The molecule has 1 saturated carbocycles. The first-order valence-corrected chi connectivity index (χ1v) is 21.3. The molecule has 314 valence electrons. The van der Waals surface area contributed by atoms with Gasteiger partial charge in [0, 0.05) is 43.7 Å². The van der Waals surface area contributed by atoms with Crippen molar-refractivity contribution in [2.45, 2.75) is 97.1 Å². The van der Waals surface area contributed by atoms with Crippen molar-refractivity contribution in [1.29, 1.82) is 0 Å². The zero-order valence-corrected chi connectivity index (χ0v) is 34.4. The molecule has 2 aromatic heterocycles. The van der Waals surface area contributed by atoms with Crippen LogP contribution in [0.1, 0.15) is 93.6 Å². The lowest BCUT2D eigenvalue weighted by Gasteiger charge is -2.28. The maximum Gasteiger partial charge on any atom is 0.305 e. The number of fused-ring (bicyclic) bond motifs is 1. The zero-order valence-electron chi connectivity index (χ0n) is 33.6. The van der Waals surface area contributed by atoms with Crippen molar-refractivity contribution in [2.24, 2.45) is 5.92 Å². The summed E-state index contributed by atoms with van der Waals surface area (Å²) in [5.41, 5.74) is 3.27. The summed E-state index contributed by atoms with van der Waals surface area (Å²) in [6.45, 7) is 7.70. The maximum atomic E-state index is 13.6. The molecule has 14 nitrogen and oxygen atoms in total. The van der Waals surface area contributed by atoms with E-state index in [2.05, 4.69) is 16.0 Å². The number of carboxylic acids is 1. The number of thiophene rings is 1. The fourth-order valence-electron chi connectivity index (χ4n) is 6.96. The van der Waals surface area contributed by atoms with Crippen LogP contribution in [0.2, 0.25) is 0 Å². The molecule has 57 heavy (non-hydrogen) atoms. The maximum absolute atomic E-state index is 13.6. The molecule has 2 heterocycles. The summed E-state index contributed by atoms with van der Waals surface area (Å²) in [6.07, 6.45) is 7.97. The first-order chi connectivity index (χ1) is 27.7. The number of carbonyl (C=O) groups is 5. The highest BCUT2D eigenvalue weighted by Gasteiger charge is 2.29. The second kappa shape index (κ2) is 25.1. The van der Waals surface area contributed by atoms with E-state index in [1.807, 2.05) is 60.2 Å². The van der Waals surface area contributed by atoms with E-state index in [1.54, 1.807) is 16.2 Å². The number of likely N-dealkylation sites (N-methyl/N-ethyl adjacent to an activating group) is 1. The summed E-state index contributed by atoms with van der Waals surface area (Å²) >= 11 is 1.55. The Morgan fingerprint density at radius 3 is 2.25 bits per heavy atom. The number of unbranched alkanes of at least 4 members (excludes halogenated alkanes) is 4. The number of nitrogens with zero attached hydrogens (tertiary/aromatic N) is 2. The van der Waals surface area contributed by atoms with Crippen LogP contribution >= 0.6 is 11.3 Å². The number of rotatable bonds is 27. The Balaban J connectivity index is 1.03. The minimum Gasteiger partial charge on any atom is -0.481 e. The smallest absolute Gasteiger partial charge is 0.305 e. The Morgan fingerprint density at radius 1 is 0.825 bits per heavy atom. The molecule has 0 atom stereocenters. The number of hydrogen-bond acceptors (Lipinski definition) is 9. The first-order valence-electron chi connectivity index (χ1n) is 20.4. The summed E-state index contributed by atoms with van der Waals surface area (Å²) in [5.74, 6) is -1.14. The summed E-state index contributed by atoms with van der Waals surface area (Å²) in [7, 11) is 0. The van der Waals surface area contributed by atoms with Crippen LogP contribution < -0.4 is 20.9 Å². The van der Waals surface area contributed by atoms with Gasteiger partial charge in [0.15, 0.2) is 0 Å². The molecule has 1 aromatic carbocycles. The van der Waals surface area contributed by atoms with Crippen LogP contribution in [0.15, 0.2) is 41.8 Å². The average molecular weight is 812 g/mol. The van der Waals surface area contributed by atoms with Crippen LogP contribution in [-0.4, -0.2) is 105 Å². The van der Waals surface area contributed by atoms with E-state index >= 15 is 0 Å². The van der Waals surface area contributed by atoms with Gasteiger partial charge in [0.2, 0.25) is 17.7 Å². The average Bonchev–Trinajstić information content (AvgIpc) is 3.79. The minimum atomic E-state index is -0.890. The number of carboxylic acid groups (broad SMARTS) is 1. The predicted molar refractivity (Wildman–Crippen MR) is 221 cm³/mol. The molecular formula is C42H61N5O9S. The molecule has 4 rings (SSSR count). The molecule has 0 bridgehead atoms. The number of aryl methyl sites for hydroxylation is 1. The molecule has 1 aliphatic carbocycles. The summed E-state index contributed by atoms with van der Waals surface area (Å²) in [6, 6.07) is 11.7. The van der Waals surface area contributed by atoms with Crippen LogP contribution in [0, 0.1) is 12.8 Å². The van der Waals surface area contributed by atoms with Gasteiger partial charge in [0.25, 0.3) is 5.91 Å². The molecule has 0 aliphatic heterocycles. The molecule has 0 spiro atoms. The number of nitrogens with one attached hydrogen (secondary N) is 3. The number of carbonyl (C=O) groups excluding carboxylic acids is 4. The topological polar surface area (TPSA) is 178 Å². The molecule has 0 radical (unpaired) electrons. The Kier molecular flexibility index (Phi) is 20.0. The predicted octanol–water partition coefficient (Wildman–Crippen LogP) is 5.45. The zero-order chi connectivity index (χ0) is 40.8. The standard InChI is InChI=1S/C42H61N5O9S/c1-3-46(34-11-9-10-31(2)28-34)39(49)30-47-35-18-27-57-37(35)29-36(47)42(53)45-33-15-13-32(14-16-33)41(52)44-19-8-6-4-5-7-12-38(48)43-20-22-55-24-26-56-25-23-54-21-17-40(50)51/h9-11,18,27-29,32-33H,3-8,12-17,19-26,30H2,1-2H3,(H,43,48)(H,44,52)(H,45,53)(H,50,51)/t32-,33-. The molecule has 0 saturated heterocycles. The van der Waals surface area contributed by atoms with Gasteiger partial charge in [-0.1, -0.05) is 31.4 Å². The third-order valence-electron chi connectivity index (χ3n) is 10.1. The highest BCUT2D eigenvalue weighted by Crippen LogP contribution is 2.28. The molecule has 15 heteroatoms. The number of aromatic nitrogens is 1. The fourth-order valence-corrected chi connectivity index (χ4v) is 7.79. The van der Waals surface area contributed by atoms with Gasteiger partial charge in [-0.3, -0.25) is 24.0 Å². The second-order valence-corrected chi connectivity index (χ2v) is 15.4. The van der Waals surface area contributed by atoms with Gasteiger partial charge < -0.3 is 44.7 Å².